The number of aryl methyl sites for hydroxylation is 1. The van der Waals surface area contributed by atoms with E-state index >= 15 is 0 Å². The molecule has 0 radical (unpaired) electrons. The van der Waals surface area contributed by atoms with Gasteiger partial charge in [0.2, 0.25) is 0 Å². The van der Waals surface area contributed by atoms with Crippen LogP contribution in [0.3, 0.4) is 0 Å². The first-order chi connectivity index (χ1) is 9.74. The highest BCUT2D eigenvalue weighted by atomic mass is 19.1. The topological polar surface area (TPSA) is 12.0 Å². The van der Waals surface area contributed by atoms with Crippen LogP contribution in [0.15, 0.2) is 42.5 Å². The van der Waals surface area contributed by atoms with Crippen LogP contribution in [0.1, 0.15) is 31.4 Å². The molecule has 2 heteroatoms. The summed E-state index contributed by atoms with van der Waals surface area (Å²) in [4.78, 5) is 0. The molecule has 0 bridgehead atoms. The highest BCUT2D eigenvalue weighted by Gasteiger charge is 2.06. The average Bonchev–Trinajstić information content (AvgIpc) is 2.47. The molecule has 2 rings (SSSR count). The minimum absolute atomic E-state index is 0.183. The lowest BCUT2D eigenvalue weighted by atomic mass is 9.97. The molecule has 2 aromatic carbocycles. The molecule has 0 saturated heterocycles. The van der Waals surface area contributed by atoms with Crippen LogP contribution in [-0.4, -0.2) is 6.54 Å². The summed E-state index contributed by atoms with van der Waals surface area (Å²) >= 11 is 0. The Morgan fingerprint density at radius 1 is 1.00 bits per heavy atom. The number of rotatable bonds is 6. The molecule has 106 valence electrons. The van der Waals surface area contributed by atoms with Gasteiger partial charge in [0, 0.05) is 6.54 Å². The molecule has 0 unspecified atom stereocenters. The molecule has 0 spiro atoms. The van der Waals surface area contributed by atoms with Crippen LogP contribution in [0.4, 0.5) is 4.39 Å². The molecule has 0 fully saturated rings. The van der Waals surface area contributed by atoms with E-state index in [4.69, 9.17) is 0 Å². The second kappa shape index (κ2) is 7.20. The van der Waals surface area contributed by atoms with Crippen molar-refractivity contribution < 1.29 is 4.39 Å². The molecule has 1 N–H and O–H groups in total. The summed E-state index contributed by atoms with van der Waals surface area (Å²) in [5.74, 6) is -0.183. The van der Waals surface area contributed by atoms with E-state index in [9.17, 15) is 4.39 Å². The molecule has 0 aromatic heterocycles. The summed E-state index contributed by atoms with van der Waals surface area (Å²) in [5, 5.41) is 3.30. The van der Waals surface area contributed by atoms with E-state index in [1.807, 2.05) is 6.07 Å². The summed E-state index contributed by atoms with van der Waals surface area (Å²) < 4.78 is 13.5. The Kier molecular flexibility index (Phi) is 5.31. The second-order valence-corrected chi connectivity index (χ2v) is 5.03. The van der Waals surface area contributed by atoms with Gasteiger partial charge < -0.3 is 5.32 Å². The Morgan fingerprint density at radius 2 is 1.75 bits per heavy atom. The molecular weight excluding hydrogens is 249 g/mol. The number of hydrogen-bond acceptors (Lipinski definition) is 1. The van der Waals surface area contributed by atoms with Gasteiger partial charge in [-0.05, 0) is 47.4 Å². The van der Waals surface area contributed by atoms with Gasteiger partial charge in [0.05, 0.1) is 0 Å². The maximum absolute atomic E-state index is 13.5. The van der Waals surface area contributed by atoms with Crippen molar-refractivity contribution in [2.45, 2.75) is 33.2 Å². The molecule has 2 aromatic rings. The lowest BCUT2D eigenvalue weighted by Crippen LogP contribution is -2.12. The van der Waals surface area contributed by atoms with Crippen molar-refractivity contribution in [3.05, 3.63) is 59.4 Å². The fraction of sp³-hybridized carbons (Fsp3) is 0.333. The quantitative estimate of drug-likeness (QED) is 0.812. The Labute approximate surface area is 120 Å². The van der Waals surface area contributed by atoms with Crippen molar-refractivity contribution in [3.63, 3.8) is 0 Å². The van der Waals surface area contributed by atoms with Gasteiger partial charge in [-0.3, -0.25) is 0 Å². The van der Waals surface area contributed by atoms with Gasteiger partial charge in [0.1, 0.15) is 5.82 Å². The van der Waals surface area contributed by atoms with Crippen molar-refractivity contribution >= 4 is 0 Å². The summed E-state index contributed by atoms with van der Waals surface area (Å²) in [6.07, 6.45) is 2.23. The van der Waals surface area contributed by atoms with Crippen LogP contribution in [-0.2, 0) is 13.0 Å². The average molecular weight is 271 g/mol. The standard InChI is InChI=1S/C18H22FN/c1-3-5-14-6-8-15(9-7-14)18-12-17(19)11-10-16(18)13-20-4-2/h6-12,20H,3-5,13H2,1-2H3. The minimum atomic E-state index is -0.183. The molecule has 0 saturated carbocycles. The summed E-state index contributed by atoms with van der Waals surface area (Å²) in [5.41, 5.74) is 4.53. The fourth-order valence-electron chi connectivity index (χ4n) is 2.37. The monoisotopic (exact) mass is 271 g/mol. The smallest absolute Gasteiger partial charge is 0.123 e. The van der Waals surface area contributed by atoms with Gasteiger partial charge in [-0.1, -0.05) is 50.6 Å². The molecule has 20 heavy (non-hydrogen) atoms. The van der Waals surface area contributed by atoms with E-state index in [0.717, 1.165) is 42.6 Å². The molecule has 0 aliphatic rings. The summed E-state index contributed by atoms with van der Waals surface area (Å²) in [7, 11) is 0. The Balaban J connectivity index is 2.32. The van der Waals surface area contributed by atoms with E-state index in [-0.39, 0.29) is 5.82 Å². The fourth-order valence-corrected chi connectivity index (χ4v) is 2.37. The Bertz CT molecular complexity index is 546. The molecule has 0 aliphatic carbocycles. The normalized spacial score (nSPS) is 10.8. The van der Waals surface area contributed by atoms with Crippen LogP contribution in [0.2, 0.25) is 0 Å². The first-order valence-electron chi connectivity index (χ1n) is 7.33. The number of hydrogen-bond donors (Lipinski definition) is 1. The van der Waals surface area contributed by atoms with Crippen LogP contribution in [0.5, 0.6) is 0 Å². The van der Waals surface area contributed by atoms with Crippen molar-refractivity contribution in [3.8, 4) is 11.1 Å². The molecular formula is C18H22FN. The molecule has 0 aliphatic heterocycles. The van der Waals surface area contributed by atoms with E-state index in [1.54, 1.807) is 6.07 Å². The van der Waals surface area contributed by atoms with Crippen LogP contribution >= 0.6 is 0 Å². The summed E-state index contributed by atoms with van der Waals surface area (Å²) in [6.45, 7) is 5.92. The van der Waals surface area contributed by atoms with E-state index in [0.29, 0.717) is 0 Å². The number of halogens is 1. The van der Waals surface area contributed by atoms with Crippen LogP contribution in [0, 0.1) is 5.82 Å². The third-order valence-corrected chi connectivity index (χ3v) is 3.44. The van der Waals surface area contributed by atoms with E-state index < -0.39 is 0 Å². The lowest BCUT2D eigenvalue weighted by Gasteiger charge is -2.11. The lowest BCUT2D eigenvalue weighted by molar-refractivity contribution is 0.626. The van der Waals surface area contributed by atoms with E-state index in [1.165, 1.54) is 11.6 Å². The molecule has 0 atom stereocenters. The van der Waals surface area contributed by atoms with Crippen LogP contribution in [0.25, 0.3) is 11.1 Å². The first-order valence-corrected chi connectivity index (χ1v) is 7.33. The maximum atomic E-state index is 13.5. The molecule has 0 amide bonds. The SMILES string of the molecule is CCCc1ccc(-c2cc(F)ccc2CNCC)cc1. The van der Waals surface area contributed by atoms with Gasteiger partial charge in [0.15, 0.2) is 0 Å². The largest absolute Gasteiger partial charge is 0.313 e. The van der Waals surface area contributed by atoms with Crippen molar-refractivity contribution in [2.24, 2.45) is 0 Å². The van der Waals surface area contributed by atoms with Gasteiger partial charge in [-0.2, -0.15) is 0 Å². The second-order valence-electron chi connectivity index (χ2n) is 5.03. The number of benzene rings is 2. The van der Waals surface area contributed by atoms with Gasteiger partial charge in [0.25, 0.3) is 0 Å². The van der Waals surface area contributed by atoms with Gasteiger partial charge in [-0.15, -0.1) is 0 Å². The third-order valence-electron chi connectivity index (χ3n) is 3.44. The minimum Gasteiger partial charge on any atom is -0.313 e. The van der Waals surface area contributed by atoms with Crippen LogP contribution < -0.4 is 5.32 Å². The highest BCUT2D eigenvalue weighted by molar-refractivity contribution is 5.67. The summed E-state index contributed by atoms with van der Waals surface area (Å²) in [6, 6.07) is 13.5. The zero-order valence-electron chi connectivity index (χ0n) is 12.2. The predicted octanol–water partition coefficient (Wildman–Crippen LogP) is 4.55. The van der Waals surface area contributed by atoms with Gasteiger partial charge >= 0.3 is 0 Å². The molecule has 0 heterocycles. The van der Waals surface area contributed by atoms with Crippen molar-refractivity contribution in [2.75, 3.05) is 6.54 Å². The molecule has 1 nitrogen and oxygen atoms in total. The van der Waals surface area contributed by atoms with E-state index in [2.05, 4.69) is 43.4 Å². The third kappa shape index (κ3) is 3.67. The Hall–Kier alpha value is -1.67. The first kappa shape index (κ1) is 14.7. The predicted molar refractivity (Wildman–Crippen MR) is 83.2 cm³/mol. The number of nitrogens with one attached hydrogen (secondary N) is 1. The van der Waals surface area contributed by atoms with Crippen molar-refractivity contribution in [1.82, 2.24) is 5.32 Å². The highest BCUT2D eigenvalue weighted by Crippen LogP contribution is 2.25. The zero-order chi connectivity index (χ0) is 14.4. The zero-order valence-corrected chi connectivity index (χ0v) is 12.2. The Morgan fingerprint density at radius 3 is 2.40 bits per heavy atom. The maximum Gasteiger partial charge on any atom is 0.123 e. The van der Waals surface area contributed by atoms with Gasteiger partial charge in [-0.25, -0.2) is 4.39 Å². The van der Waals surface area contributed by atoms with Crippen molar-refractivity contribution in [1.29, 1.82) is 0 Å².